The molecule has 0 aromatic heterocycles. The lowest BCUT2D eigenvalue weighted by atomic mass is 10.0. The fourth-order valence-corrected chi connectivity index (χ4v) is 3.92. The van der Waals surface area contributed by atoms with Gasteiger partial charge in [-0.05, 0) is 32.1 Å². The van der Waals surface area contributed by atoms with Crippen molar-refractivity contribution in [2.45, 2.75) is 121 Å². The van der Waals surface area contributed by atoms with Gasteiger partial charge in [-0.2, -0.15) is 0 Å². The van der Waals surface area contributed by atoms with E-state index in [0.717, 1.165) is 38.5 Å². The second-order valence-electron chi connectivity index (χ2n) is 9.47. The molecule has 0 unspecified atom stereocenters. The van der Waals surface area contributed by atoms with Crippen LogP contribution in [0.15, 0.2) is 12.2 Å². The first-order valence-corrected chi connectivity index (χ1v) is 13.6. The summed E-state index contributed by atoms with van der Waals surface area (Å²) < 4.78 is 5.03. The molecule has 0 aliphatic rings. The monoisotopic (exact) mass is 503 g/mol. The minimum atomic E-state index is -1.71. The highest BCUT2D eigenvalue weighted by Gasteiger charge is 2.31. The first-order valence-electron chi connectivity index (χ1n) is 13.6. The van der Waals surface area contributed by atoms with Crippen LogP contribution in [0, 0.1) is 0 Å². The molecule has 0 aromatic carbocycles. The van der Waals surface area contributed by atoms with E-state index in [1.54, 1.807) is 0 Å². The van der Waals surface area contributed by atoms with Crippen LogP contribution in [0.3, 0.4) is 0 Å². The van der Waals surface area contributed by atoms with Crippen LogP contribution in [0.1, 0.15) is 96.8 Å². The van der Waals surface area contributed by atoms with Gasteiger partial charge in [-0.3, -0.25) is 4.79 Å². The molecule has 0 saturated carbocycles. The van der Waals surface area contributed by atoms with Gasteiger partial charge in [0.25, 0.3) is 0 Å². The molecule has 0 aromatic rings. The summed E-state index contributed by atoms with van der Waals surface area (Å²) in [5, 5.41) is 48.4. The molecule has 0 fully saturated rings. The number of rotatable bonds is 24. The molecule has 0 heterocycles. The van der Waals surface area contributed by atoms with Crippen molar-refractivity contribution >= 4 is 5.91 Å². The SMILES string of the molecule is CCCCCCCC/C=C\CCCCCCCC(=O)N(CCOC)C[C@H](O)[C@@H](O)[C@H](O)[C@H](O)CO. The highest BCUT2D eigenvalue weighted by molar-refractivity contribution is 5.76. The summed E-state index contributed by atoms with van der Waals surface area (Å²) in [5.41, 5.74) is 0. The van der Waals surface area contributed by atoms with Gasteiger partial charge in [0, 0.05) is 26.6 Å². The number of nitrogens with zero attached hydrogens (tertiary/aromatic N) is 1. The summed E-state index contributed by atoms with van der Waals surface area (Å²) in [5.74, 6) is -0.150. The van der Waals surface area contributed by atoms with Crippen molar-refractivity contribution in [2.24, 2.45) is 0 Å². The Labute approximate surface area is 213 Å². The number of hydrogen-bond donors (Lipinski definition) is 5. The molecule has 208 valence electrons. The number of ether oxygens (including phenoxy) is 1. The summed E-state index contributed by atoms with van der Waals surface area (Å²) in [6, 6.07) is 0. The van der Waals surface area contributed by atoms with Crippen LogP contribution < -0.4 is 0 Å². The van der Waals surface area contributed by atoms with Gasteiger partial charge < -0.3 is 35.2 Å². The number of methoxy groups -OCH3 is 1. The molecule has 0 bridgehead atoms. The highest BCUT2D eigenvalue weighted by Crippen LogP contribution is 2.12. The van der Waals surface area contributed by atoms with Crippen molar-refractivity contribution in [3.8, 4) is 0 Å². The van der Waals surface area contributed by atoms with E-state index >= 15 is 0 Å². The largest absolute Gasteiger partial charge is 0.394 e. The first-order chi connectivity index (χ1) is 16.9. The van der Waals surface area contributed by atoms with Crippen molar-refractivity contribution in [3.63, 3.8) is 0 Å². The van der Waals surface area contributed by atoms with Crippen LogP contribution >= 0.6 is 0 Å². The smallest absolute Gasteiger partial charge is 0.222 e. The molecule has 8 heteroatoms. The third-order valence-electron chi connectivity index (χ3n) is 6.30. The molecule has 0 radical (unpaired) electrons. The lowest BCUT2D eigenvalue weighted by molar-refractivity contribution is -0.140. The number of carbonyl (C=O) groups is 1. The van der Waals surface area contributed by atoms with Gasteiger partial charge in [0.2, 0.25) is 5.91 Å². The average Bonchev–Trinajstić information content (AvgIpc) is 2.86. The standard InChI is InChI=1S/C27H53NO7/c1-3-4-5-6-7-8-9-10-11-12-13-14-15-16-17-18-25(32)28(19-20-35-2)21-23(30)26(33)27(34)24(31)22-29/h10-11,23-24,26-27,29-31,33-34H,3-9,12-22H2,1-2H3/b11-10-/t23-,24+,26+,27+/m0/s1. The Balaban J connectivity index is 4.06. The number of allylic oxidation sites excluding steroid dienone is 2. The lowest BCUT2D eigenvalue weighted by Gasteiger charge is -2.30. The Hall–Kier alpha value is -1.03. The number of carbonyl (C=O) groups excluding carboxylic acids is 1. The van der Waals surface area contributed by atoms with Gasteiger partial charge >= 0.3 is 0 Å². The molecule has 8 nitrogen and oxygen atoms in total. The van der Waals surface area contributed by atoms with E-state index in [0.29, 0.717) is 6.42 Å². The molecule has 0 rings (SSSR count). The molecule has 0 saturated heterocycles. The number of aliphatic hydroxyl groups excluding tert-OH is 5. The second-order valence-corrected chi connectivity index (χ2v) is 9.47. The van der Waals surface area contributed by atoms with Gasteiger partial charge in [-0.1, -0.05) is 70.4 Å². The van der Waals surface area contributed by atoms with Crippen LogP contribution in [0.25, 0.3) is 0 Å². The van der Waals surface area contributed by atoms with Crippen LogP contribution in [0.2, 0.25) is 0 Å². The van der Waals surface area contributed by atoms with Crippen molar-refractivity contribution in [3.05, 3.63) is 12.2 Å². The molecule has 35 heavy (non-hydrogen) atoms. The predicted molar refractivity (Wildman–Crippen MR) is 139 cm³/mol. The molecule has 5 N–H and O–H groups in total. The fraction of sp³-hybridized carbons (Fsp3) is 0.889. The Bertz CT molecular complexity index is 518. The molecule has 4 atom stereocenters. The number of aliphatic hydroxyl groups is 5. The quantitative estimate of drug-likeness (QED) is 0.101. The topological polar surface area (TPSA) is 131 Å². The van der Waals surface area contributed by atoms with Crippen molar-refractivity contribution < 1.29 is 35.1 Å². The zero-order valence-corrected chi connectivity index (χ0v) is 22.2. The van der Waals surface area contributed by atoms with E-state index in [1.165, 1.54) is 57.0 Å². The van der Waals surface area contributed by atoms with E-state index in [9.17, 15) is 25.2 Å². The number of amides is 1. The third-order valence-corrected chi connectivity index (χ3v) is 6.30. The van der Waals surface area contributed by atoms with Crippen molar-refractivity contribution in [1.29, 1.82) is 0 Å². The molecular formula is C27H53NO7. The summed E-state index contributed by atoms with van der Waals surface area (Å²) in [7, 11) is 1.51. The minimum Gasteiger partial charge on any atom is -0.394 e. The maximum atomic E-state index is 12.6. The summed E-state index contributed by atoms with van der Waals surface area (Å²) >= 11 is 0. The predicted octanol–water partition coefficient (Wildman–Crippen LogP) is 2.93. The Morgan fingerprint density at radius 3 is 1.86 bits per heavy atom. The molecule has 0 spiro atoms. The number of hydrogen-bond acceptors (Lipinski definition) is 7. The van der Waals surface area contributed by atoms with Crippen LogP contribution in [-0.2, 0) is 9.53 Å². The average molecular weight is 504 g/mol. The van der Waals surface area contributed by atoms with Gasteiger partial charge in [-0.15, -0.1) is 0 Å². The summed E-state index contributed by atoms with van der Waals surface area (Å²) in [6.45, 7) is 1.84. The van der Waals surface area contributed by atoms with Gasteiger partial charge in [0.15, 0.2) is 0 Å². The van der Waals surface area contributed by atoms with Gasteiger partial charge in [-0.25, -0.2) is 0 Å². The van der Waals surface area contributed by atoms with Crippen molar-refractivity contribution in [2.75, 3.05) is 33.4 Å². The molecule has 0 aliphatic carbocycles. The molecule has 0 aliphatic heterocycles. The van der Waals surface area contributed by atoms with Crippen LogP contribution in [0.5, 0.6) is 0 Å². The summed E-state index contributed by atoms with van der Waals surface area (Å²) in [4.78, 5) is 14.0. The fourth-order valence-electron chi connectivity index (χ4n) is 3.92. The molecule has 1 amide bonds. The second kappa shape index (κ2) is 23.4. The van der Waals surface area contributed by atoms with Gasteiger partial charge in [0.05, 0.1) is 13.2 Å². The van der Waals surface area contributed by atoms with Gasteiger partial charge in [0.1, 0.15) is 24.4 Å². The Morgan fingerprint density at radius 2 is 1.31 bits per heavy atom. The Morgan fingerprint density at radius 1 is 0.800 bits per heavy atom. The minimum absolute atomic E-state index is 0.150. The molecular weight excluding hydrogens is 450 g/mol. The van der Waals surface area contributed by atoms with Crippen LogP contribution in [0.4, 0.5) is 0 Å². The maximum Gasteiger partial charge on any atom is 0.222 e. The Kier molecular flexibility index (Phi) is 22.7. The third kappa shape index (κ3) is 18.0. The van der Waals surface area contributed by atoms with E-state index in [1.807, 2.05) is 0 Å². The van der Waals surface area contributed by atoms with E-state index in [4.69, 9.17) is 9.84 Å². The van der Waals surface area contributed by atoms with E-state index < -0.39 is 31.0 Å². The number of unbranched alkanes of at least 4 members (excludes halogenated alkanes) is 11. The zero-order valence-electron chi connectivity index (χ0n) is 22.2. The maximum absolute atomic E-state index is 12.6. The zero-order chi connectivity index (χ0) is 26.3. The van der Waals surface area contributed by atoms with E-state index in [-0.39, 0.29) is 25.6 Å². The highest BCUT2D eigenvalue weighted by atomic mass is 16.5. The summed E-state index contributed by atoms with van der Waals surface area (Å²) in [6.07, 6.45) is 13.9. The first kappa shape index (κ1) is 34.0. The lowest BCUT2D eigenvalue weighted by Crippen LogP contribution is -2.51. The normalized spacial score (nSPS) is 15.3. The van der Waals surface area contributed by atoms with Crippen LogP contribution in [-0.4, -0.2) is 94.2 Å². The van der Waals surface area contributed by atoms with Crippen molar-refractivity contribution in [1.82, 2.24) is 4.90 Å². The van der Waals surface area contributed by atoms with E-state index in [2.05, 4.69) is 19.1 Å².